The summed E-state index contributed by atoms with van der Waals surface area (Å²) >= 11 is 1.67. The molecule has 0 bridgehead atoms. The van der Waals surface area contributed by atoms with Crippen molar-refractivity contribution in [3.63, 3.8) is 0 Å². The van der Waals surface area contributed by atoms with Crippen LogP contribution in [0.25, 0.3) is 0 Å². The summed E-state index contributed by atoms with van der Waals surface area (Å²) in [4.78, 5) is 11.7. The Balaban J connectivity index is 3.42. The normalized spacial score (nSPS) is 10.7. The van der Waals surface area contributed by atoms with E-state index in [9.17, 15) is 18.0 Å². The molecule has 0 amide bonds. The predicted molar refractivity (Wildman–Crippen MR) is 66.5 cm³/mol. The summed E-state index contributed by atoms with van der Waals surface area (Å²) in [5.74, 6) is -1.80. The van der Waals surface area contributed by atoms with Crippen LogP contribution < -0.4 is 4.74 Å². The van der Waals surface area contributed by atoms with Crippen molar-refractivity contribution in [1.82, 2.24) is 0 Å². The van der Waals surface area contributed by atoms with Gasteiger partial charge in [-0.3, -0.25) is 0 Å². The highest BCUT2D eigenvalue weighted by atomic mass is 127. The van der Waals surface area contributed by atoms with E-state index in [-0.39, 0.29) is 15.7 Å². The second-order valence-electron chi connectivity index (χ2n) is 3.18. The largest absolute Gasteiger partial charge is 0.573 e. The maximum atomic E-state index is 12.3. The van der Waals surface area contributed by atoms with E-state index in [1.165, 1.54) is 13.0 Å². The predicted octanol–water partition coefficient (Wildman–Crippen LogP) is 3.24. The molecule has 0 saturated heterocycles. The highest BCUT2D eigenvalue weighted by Gasteiger charge is 2.35. The third kappa shape index (κ3) is 3.99. The van der Waals surface area contributed by atoms with E-state index in [2.05, 4.69) is 9.47 Å². The van der Waals surface area contributed by atoms with Crippen molar-refractivity contribution < 1.29 is 27.4 Å². The van der Waals surface area contributed by atoms with Gasteiger partial charge in [0.25, 0.3) is 0 Å². The highest BCUT2D eigenvalue weighted by Crippen LogP contribution is 2.33. The maximum absolute atomic E-state index is 12.3. The lowest BCUT2D eigenvalue weighted by Gasteiger charge is -2.15. The first-order chi connectivity index (χ1) is 8.80. The first-order valence-electron chi connectivity index (χ1n) is 4.95. The minimum absolute atomic E-state index is 0.00283. The molecule has 4 nitrogen and oxygen atoms in total. The number of hydrogen-bond acceptors (Lipinski definition) is 4. The van der Waals surface area contributed by atoms with Gasteiger partial charge in [0.05, 0.1) is 12.2 Å². The van der Waals surface area contributed by atoms with Crippen LogP contribution in [0.1, 0.15) is 22.8 Å². The monoisotopic (exact) mass is 385 g/mol. The average Bonchev–Trinajstić information content (AvgIpc) is 2.27. The first-order valence-corrected chi connectivity index (χ1v) is 6.03. The Bertz CT molecular complexity index is 537. The molecule has 0 atom stereocenters. The molecule has 1 aromatic rings. The van der Waals surface area contributed by atoms with Crippen LogP contribution in [0, 0.1) is 14.9 Å². The second-order valence-corrected chi connectivity index (χ2v) is 4.34. The van der Waals surface area contributed by atoms with Crippen LogP contribution in [-0.2, 0) is 4.74 Å². The van der Waals surface area contributed by atoms with Gasteiger partial charge in [-0.05, 0) is 41.6 Å². The van der Waals surface area contributed by atoms with Gasteiger partial charge >= 0.3 is 12.3 Å². The van der Waals surface area contributed by atoms with Crippen LogP contribution in [0.3, 0.4) is 0 Å². The number of benzene rings is 1. The average molecular weight is 385 g/mol. The molecular formula is C11H7F3INO3. The molecule has 0 aliphatic carbocycles. The molecule has 0 radical (unpaired) electrons. The van der Waals surface area contributed by atoms with Gasteiger partial charge in [0.2, 0.25) is 0 Å². The van der Waals surface area contributed by atoms with Crippen molar-refractivity contribution >= 4 is 28.6 Å². The Hall–Kier alpha value is -1.50. The second kappa shape index (κ2) is 6.10. The SMILES string of the molecule is CCOC(=O)c1c(I)ccc(C#N)c1OC(F)(F)F. The fourth-order valence-electron chi connectivity index (χ4n) is 1.26. The Kier molecular flexibility index (Phi) is 4.99. The van der Waals surface area contributed by atoms with Crippen molar-refractivity contribution in [3.8, 4) is 11.8 Å². The molecule has 8 heteroatoms. The van der Waals surface area contributed by atoms with Gasteiger partial charge in [-0.1, -0.05) is 0 Å². The van der Waals surface area contributed by atoms with Gasteiger partial charge in [-0.15, -0.1) is 13.2 Å². The molecule has 0 fully saturated rings. The van der Waals surface area contributed by atoms with E-state index in [1.54, 1.807) is 28.7 Å². The molecule has 0 unspecified atom stereocenters. The van der Waals surface area contributed by atoms with E-state index < -0.39 is 23.6 Å². The molecule has 0 saturated carbocycles. The lowest BCUT2D eigenvalue weighted by Crippen LogP contribution is -2.21. The summed E-state index contributed by atoms with van der Waals surface area (Å²) in [6.45, 7) is 1.51. The summed E-state index contributed by atoms with van der Waals surface area (Å²) in [5, 5.41) is 8.79. The molecule has 19 heavy (non-hydrogen) atoms. The third-order valence-corrected chi connectivity index (χ3v) is 2.82. The Morgan fingerprint density at radius 1 is 1.47 bits per heavy atom. The number of ether oxygens (including phenoxy) is 2. The van der Waals surface area contributed by atoms with Gasteiger partial charge in [0, 0.05) is 3.57 Å². The van der Waals surface area contributed by atoms with Crippen LogP contribution in [0.2, 0.25) is 0 Å². The fraction of sp³-hybridized carbons (Fsp3) is 0.273. The van der Waals surface area contributed by atoms with E-state index in [0.717, 1.165) is 6.07 Å². The summed E-state index contributed by atoms with van der Waals surface area (Å²) < 4.78 is 45.6. The number of alkyl halides is 3. The molecule has 0 spiro atoms. The Labute approximate surface area is 120 Å². The third-order valence-electron chi connectivity index (χ3n) is 1.92. The van der Waals surface area contributed by atoms with Gasteiger partial charge < -0.3 is 9.47 Å². The number of nitriles is 1. The lowest BCUT2D eigenvalue weighted by atomic mass is 10.1. The number of halogens is 4. The molecule has 0 aliphatic heterocycles. The molecule has 0 heterocycles. The quantitative estimate of drug-likeness (QED) is 0.592. The fourth-order valence-corrected chi connectivity index (χ4v) is 1.91. The van der Waals surface area contributed by atoms with Crippen molar-refractivity contribution in [3.05, 3.63) is 26.8 Å². The van der Waals surface area contributed by atoms with Gasteiger partial charge in [-0.2, -0.15) is 5.26 Å². The summed E-state index contributed by atoms with van der Waals surface area (Å²) in [5.41, 5.74) is -0.792. The van der Waals surface area contributed by atoms with Gasteiger partial charge in [-0.25, -0.2) is 4.79 Å². The summed E-state index contributed by atoms with van der Waals surface area (Å²) in [6.07, 6.45) is -5.00. The number of esters is 1. The zero-order valence-corrected chi connectivity index (χ0v) is 11.7. The van der Waals surface area contributed by atoms with Crippen molar-refractivity contribution in [2.45, 2.75) is 13.3 Å². The van der Waals surface area contributed by atoms with Crippen LogP contribution in [0.4, 0.5) is 13.2 Å². The lowest BCUT2D eigenvalue weighted by molar-refractivity contribution is -0.274. The zero-order valence-electron chi connectivity index (χ0n) is 9.55. The molecule has 1 rings (SSSR count). The summed E-state index contributed by atoms with van der Waals surface area (Å²) in [6, 6.07) is 4.03. The molecule has 0 aromatic heterocycles. The maximum Gasteiger partial charge on any atom is 0.573 e. The number of rotatable bonds is 3. The van der Waals surface area contributed by atoms with E-state index in [4.69, 9.17) is 5.26 Å². The molecule has 102 valence electrons. The number of carbonyl (C=O) groups excluding carboxylic acids is 1. The van der Waals surface area contributed by atoms with Crippen LogP contribution >= 0.6 is 22.6 Å². The van der Waals surface area contributed by atoms with E-state index in [0.29, 0.717) is 0 Å². The van der Waals surface area contributed by atoms with E-state index >= 15 is 0 Å². The molecule has 0 aliphatic rings. The van der Waals surface area contributed by atoms with Crippen LogP contribution in [0.15, 0.2) is 12.1 Å². The minimum atomic E-state index is -5.00. The minimum Gasteiger partial charge on any atom is -0.462 e. The highest BCUT2D eigenvalue weighted by molar-refractivity contribution is 14.1. The van der Waals surface area contributed by atoms with Gasteiger partial charge in [0.1, 0.15) is 11.6 Å². The zero-order chi connectivity index (χ0) is 14.6. The number of hydrogen-bond donors (Lipinski definition) is 0. The number of nitrogens with zero attached hydrogens (tertiary/aromatic N) is 1. The van der Waals surface area contributed by atoms with Gasteiger partial charge in [0.15, 0.2) is 5.75 Å². The van der Waals surface area contributed by atoms with Crippen LogP contribution in [0.5, 0.6) is 5.75 Å². The molecule has 1 aromatic carbocycles. The Morgan fingerprint density at radius 2 is 2.11 bits per heavy atom. The summed E-state index contributed by atoms with van der Waals surface area (Å²) in [7, 11) is 0. The smallest absolute Gasteiger partial charge is 0.462 e. The van der Waals surface area contributed by atoms with Crippen molar-refractivity contribution in [1.29, 1.82) is 5.26 Å². The molecular weight excluding hydrogens is 378 g/mol. The molecule has 0 N–H and O–H groups in total. The Morgan fingerprint density at radius 3 is 2.58 bits per heavy atom. The topological polar surface area (TPSA) is 59.3 Å². The van der Waals surface area contributed by atoms with Crippen LogP contribution in [-0.4, -0.2) is 18.9 Å². The van der Waals surface area contributed by atoms with Crippen molar-refractivity contribution in [2.24, 2.45) is 0 Å². The van der Waals surface area contributed by atoms with E-state index in [1.807, 2.05) is 0 Å². The van der Waals surface area contributed by atoms with Crippen molar-refractivity contribution in [2.75, 3.05) is 6.61 Å². The first kappa shape index (κ1) is 15.6. The standard InChI is InChI=1S/C11H7F3INO3/c1-2-18-10(17)8-7(15)4-3-6(5-16)9(8)19-11(12,13)14/h3-4H,2H2,1H3. The number of carbonyl (C=O) groups is 1.